The van der Waals surface area contributed by atoms with Crippen LogP contribution in [0.15, 0.2) is 18.2 Å². The molecule has 4 nitrogen and oxygen atoms in total. The number of rotatable bonds is 2. The van der Waals surface area contributed by atoms with Gasteiger partial charge in [-0.3, -0.25) is 9.59 Å². The highest BCUT2D eigenvalue weighted by Gasteiger charge is 2.28. The van der Waals surface area contributed by atoms with Crippen molar-refractivity contribution in [3.05, 3.63) is 29.3 Å². The SMILES string of the molecule is Cc1cccc2c1C(=O)N[C@@H](CC(C)C)C(=O)N2. The average Bonchev–Trinajstić information content (AvgIpc) is 2.37. The molecule has 1 atom stereocenters. The lowest BCUT2D eigenvalue weighted by Crippen LogP contribution is -2.42. The molecule has 0 saturated carbocycles. The van der Waals surface area contributed by atoms with Gasteiger partial charge in [0.2, 0.25) is 5.91 Å². The lowest BCUT2D eigenvalue weighted by Gasteiger charge is -2.16. The monoisotopic (exact) mass is 246 g/mol. The predicted molar refractivity (Wildman–Crippen MR) is 70.5 cm³/mol. The van der Waals surface area contributed by atoms with Crippen LogP contribution in [0.1, 0.15) is 36.2 Å². The van der Waals surface area contributed by atoms with Gasteiger partial charge in [-0.2, -0.15) is 0 Å². The predicted octanol–water partition coefficient (Wildman–Crippen LogP) is 2.09. The Balaban J connectivity index is 2.35. The van der Waals surface area contributed by atoms with Gasteiger partial charge in [0.15, 0.2) is 0 Å². The summed E-state index contributed by atoms with van der Waals surface area (Å²) < 4.78 is 0. The minimum atomic E-state index is -0.454. The molecule has 2 N–H and O–H groups in total. The number of aryl methyl sites for hydroxylation is 1. The zero-order valence-electron chi connectivity index (χ0n) is 10.9. The summed E-state index contributed by atoms with van der Waals surface area (Å²) in [6, 6.07) is 5.01. The Bertz CT molecular complexity index is 495. The molecular formula is C14H18N2O2. The van der Waals surface area contributed by atoms with Crippen LogP contribution in [-0.4, -0.2) is 17.9 Å². The Morgan fingerprint density at radius 1 is 1.28 bits per heavy atom. The molecule has 0 bridgehead atoms. The molecule has 2 amide bonds. The quantitative estimate of drug-likeness (QED) is 0.839. The summed E-state index contributed by atoms with van der Waals surface area (Å²) >= 11 is 0. The first kappa shape index (κ1) is 12.6. The highest BCUT2D eigenvalue weighted by Crippen LogP contribution is 2.23. The van der Waals surface area contributed by atoms with E-state index in [2.05, 4.69) is 10.6 Å². The Morgan fingerprint density at radius 3 is 2.67 bits per heavy atom. The van der Waals surface area contributed by atoms with Crippen LogP contribution in [0.2, 0.25) is 0 Å². The number of anilines is 1. The number of benzene rings is 1. The number of nitrogens with one attached hydrogen (secondary N) is 2. The molecule has 1 aromatic carbocycles. The zero-order valence-corrected chi connectivity index (χ0v) is 10.9. The Labute approximate surface area is 107 Å². The summed E-state index contributed by atoms with van der Waals surface area (Å²) in [5.74, 6) is 0.0388. The molecule has 18 heavy (non-hydrogen) atoms. The molecule has 1 aliphatic rings. The first-order chi connectivity index (χ1) is 8.49. The van der Waals surface area contributed by atoms with E-state index in [-0.39, 0.29) is 11.8 Å². The number of carbonyl (C=O) groups is 2. The van der Waals surface area contributed by atoms with Gasteiger partial charge in [0.05, 0.1) is 11.3 Å². The summed E-state index contributed by atoms with van der Waals surface area (Å²) in [7, 11) is 0. The van der Waals surface area contributed by atoms with Crippen LogP contribution in [0.3, 0.4) is 0 Å². The van der Waals surface area contributed by atoms with Crippen LogP contribution in [0.25, 0.3) is 0 Å². The molecule has 96 valence electrons. The van der Waals surface area contributed by atoms with Gasteiger partial charge in [0.1, 0.15) is 6.04 Å². The van der Waals surface area contributed by atoms with Gasteiger partial charge in [-0.1, -0.05) is 26.0 Å². The number of fused-ring (bicyclic) bond motifs is 1. The van der Waals surface area contributed by atoms with Gasteiger partial charge < -0.3 is 10.6 Å². The van der Waals surface area contributed by atoms with E-state index in [9.17, 15) is 9.59 Å². The summed E-state index contributed by atoms with van der Waals surface area (Å²) in [6.07, 6.45) is 0.643. The Hall–Kier alpha value is -1.84. The van der Waals surface area contributed by atoms with Crippen molar-refractivity contribution in [2.75, 3.05) is 5.32 Å². The van der Waals surface area contributed by atoms with Gasteiger partial charge in [-0.25, -0.2) is 0 Å². The summed E-state index contributed by atoms with van der Waals surface area (Å²) in [5.41, 5.74) is 2.04. The fourth-order valence-electron chi connectivity index (χ4n) is 2.23. The third kappa shape index (κ3) is 2.37. The van der Waals surface area contributed by atoms with Crippen LogP contribution >= 0.6 is 0 Å². The van der Waals surface area contributed by atoms with E-state index in [1.54, 1.807) is 6.07 Å². The molecule has 0 radical (unpaired) electrons. The molecule has 0 aromatic heterocycles. The molecule has 2 rings (SSSR count). The highest BCUT2D eigenvalue weighted by atomic mass is 16.2. The smallest absolute Gasteiger partial charge is 0.254 e. The van der Waals surface area contributed by atoms with Gasteiger partial charge in [-0.15, -0.1) is 0 Å². The number of hydrogen-bond acceptors (Lipinski definition) is 2. The second kappa shape index (κ2) is 4.80. The van der Waals surface area contributed by atoms with Crippen molar-refractivity contribution >= 4 is 17.5 Å². The van der Waals surface area contributed by atoms with E-state index in [0.29, 0.717) is 23.6 Å². The normalized spacial score (nSPS) is 19.0. The summed E-state index contributed by atoms with van der Waals surface area (Å²) in [4.78, 5) is 24.2. The maximum absolute atomic E-state index is 12.2. The zero-order chi connectivity index (χ0) is 13.3. The summed E-state index contributed by atoms with van der Waals surface area (Å²) in [5, 5.41) is 5.63. The largest absolute Gasteiger partial charge is 0.340 e. The molecule has 0 unspecified atom stereocenters. The maximum Gasteiger partial charge on any atom is 0.254 e. The van der Waals surface area contributed by atoms with Crippen LogP contribution in [0.5, 0.6) is 0 Å². The van der Waals surface area contributed by atoms with Crippen LogP contribution < -0.4 is 10.6 Å². The highest BCUT2D eigenvalue weighted by molar-refractivity contribution is 6.10. The fourth-order valence-corrected chi connectivity index (χ4v) is 2.23. The Morgan fingerprint density at radius 2 is 2.00 bits per heavy atom. The van der Waals surface area contributed by atoms with Gasteiger partial charge in [-0.05, 0) is 30.9 Å². The van der Waals surface area contributed by atoms with Gasteiger partial charge in [0, 0.05) is 0 Å². The standard InChI is InChI=1S/C14H18N2O2/c1-8(2)7-11-13(17)15-10-6-4-5-9(3)12(10)14(18)16-11/h4-6,8,11H,7H2,1-3H3,(H,15,17)(H,16,18)/t11-/m0/s1. The van der Waals surface area contributed by atoms with Crippen LogP contribution in [0.4, 0.5) is 5.69 Å². The second-order valence-corrected chi connectivity index (χ2v) is 5.14. The molecule has 1 aromatic rings. The van der Waals surface area contributed by atoms with Crippen molar-refractivity contribution in [1.82, 2.24) is 5.32 Å². The fraction of sp³-hybridized carbons (Fsp3) is 0.429. The van der Waals surface area contributed by atoms with Crippen LogP contribution in [0, 0.1) is 12.8 Å². The second-order valence-electron chi connectivity index (χ2n) is 5.14. The van der Waals surface area contributed by atoms with E-state index in [1.165, 1.54) is 0 Å². The van der Waals surface area contributed by atoms with Crippen molar-refractivity contribution in [1.29, 1.82) is 0 Å². The van der Waals surface area contributed by atoms with Crippen LogP contribution in [-0.2, 0) is 4.79 Å². The van der Waals surface area contributed by atoms with E-state index in [1.807, 2.05) is 32.9 Å². The number of carbonyl (C=O) groups excluding carboxylic acids is 2. The van der Waals surface area contributed by atoms with E-state index in [0.717, 1.165) is 5.56 Å². The van der Waals surface area contributed by atoms with E-state index in [4.69, 9.17) is 0 Å². The van der Waals surface area contributed by atoms with Crippen molar-refractivity contribution < 1.29 is 9.59 Å². The molecule has 0 saturated heterocycles. The minimum absolute atomic E-state index is 0.138. The first-order valence-electron chi connectivity index (χ1n) is 6.20. The van der Waals surface area contributed by atoms with Crippen molar-refractivity contribution in [3.63, 3.8) is 0 Å². The van der Waals surface area contributed by atoms with Crippen molar-refractivity contribution in [3.8, 4) is 0 Å². The molecular weight excluding hydrogens is 228 g/mol. The molecule has 4 heteroatoms. The Kier molecular flexibility index (Phi) is 3.36. The summed E-state index contributed by atoms with van der Waals surface area (Å²) in [6.45, 7) is 5.93. The van der Waals surface area contributed by atoms with Gasteiger partial charge >= 0.3 is 0 Å². The molecule has 1 aliphatic heterocycles. The minimum Gasteiger partial charge on any atom is -0.340 e. The third-order valence-corrected chi connectivity index (χ3v) is 3.09. The number of hydrogen-bond donors (Lipinski definition) is 2. The van der Waals surface area contributed by atoms with E-state index < -0.39 is 6.04 Å². The number of amides is 2. The molecule has 1 heterocycles. The lowest BCUT2D eigenvalue weighted by molar-refractivity contribution is -0.118. The molecule has 0 aliphatic carbocycles. The van der Waals surface area contributed by atoms with E-state index >= 15 is 0 Å². The van der Waals surface area contributed by atoms with Crippen molar-refractivity contribution in [2.45, 2.75) is 33.2 Å². The van der Waals surface area contributed by atoms with Crippen molar-refractivity contribution in [2.24, 2.45) is 5.92 Å². The first-order valence-corrected chi connectivity index (χ1v) is 6.20. The maximum atomic E-state index is 12.2. The average molecular weight is 246 g/mol. The molecule has 0 fully saturated rings. The third-order valence-electron chi connectivity index (χ3n) is 3.09. The van der Waals surface area contributed by atoms with Gasteiger partial charge in [0.25, 0.3) is 5.91 Å². The topological polar surface area (TPSA) is 58.2 Å². The lowest BCUT2D eigenvalue weighted by atomic mass is 10.0. The molecule has 0 spiro atoms.